The van der Waals surface area contributed by atoms with Gasteiger partial charge in [0.05, 0.1) is 16.5 Å². The van der Waals surface area contributed by atoms with Crippen molar-refractivity contribution < 1.29 is 13.2 Å². The summed E-state index contributed by atoms with van der Waals surface area (Å²) in [7, 11) is -1.51. The lowest BCUT2D eigenvalue weighted by Gasteiger charge is -2.18. The Balaban J connectivity index is 2.04. The van der Waals surface area contributed by atoms with Crippen molar-refractivity contribution in [3.05, 3.63) is 28.1 Å². The van der Waals surface area contributed by atoms with E-state index in [1.165, 1.54) is 26.8 Å². The zero-order valence-electron chi connectivity index (χ0n) is 14.2. The molecule has 1 aliphatic rings. The van der Waals surface area contributed by atoms with Crippen LogP contribution in [-0.4, -0.2) is 42.0 Å². The lowest BCUT2D eigenvalue weighted by atomic mass is 10.1. The van der Waals surface area contributed by atoms with Crippen LogP contribution in [-0.2, 0) is 21.9 Å². The molecule has 3 rings (SSSR count). The molecule has 0 spiro atoms. The number of hydrogen-bond acceptors (Lipinski definition) is 4. The van der Waals surface area contributed by atoms with E-state index in [9.17, 15) is 13.2 Å². The van der Waals surface area contributed by atoms with Gasteiger partial charge in [0, 0.05) is 13.6 Å². The Morgan fingerprint density at radius 2 is 1.96 bits per heavy atom. The lowest BCUT2D eigenvalue weighted by molar-refractivity contribution is -0.121. The summed E-state index contributed by atoms with van der Waals surface area (Å²) in [5.74, 6) is -0.381. The van der Waals surface area contributed by atoms with Gasteiger partial charge in [0.25, 0.3) is 5.91 Å². The van der Waals surface area contributed by atoms with E-state index in [0.29, 0.717) is 24.2 Å². The van der Waals surface area contributed by atoms with E-state index >= 15 is 0 Å². The van der Waals surface area contributed by atoms with Crippen molar-refractivity contribution in [2.24, 2.45) is 12.0 Å². The summed E-state index contributed by atoms with van der Waals surface area (Å²) in [4.78, 5) is 17.4. The third kappa shape index (κ3) is 3.05. The maximum Gasteiger partial charge on any atom is 0.266 e. The Labute approximate surface area is 145 Å². The average Bonchev–Trinajstić information content (AvgIpc) is 3.07. The second-order valence-electron chi connectivity index (χ2n) is 6.33. The molecule has 1 aromatic heterocycles. The first-order valence-electron chi connectivity index (χ1n) is 7.80. The quantitative estimate of drug-likeness (QED) is 0.811. The molecule has 0 N–H and O–H groups in total. The Morgan fingerprint density at radius 1 is 1.29 bits per heavy atom. The van der Waals surface area contributed by atoms with Crippen LogP contribution in [0.3, 0.4) is 0 Å². The molecular weight excluding hydrogens is 346 g/mol. The highest BCUT2D eigenvalue weighted by Crippen LogP contribution is 2.23. The number of aromatic nitrogens is 1. The minimum atomic E-state index is -3.39. The van der Waals surface area contributed by atoms with E-state index in [1.54, 1.807) is 0 Å². The molecule has 0 aliphatic carbocycles. The van der Waals surface area contributed by atoms with Gasteiger partial charge < -0.3 is 4.57 Å². The molecule has 1 saturated heterocycles. The average molecular weight is 367 g/mol. The Morgan fingerprint density at radius 3 is 2.62 bits per heavy atom. The number of benzene rings is 1. The third-order valence-corrected chi connectivity index (χ3v) is 6.93. The number of sulfonamides is 1. The maximum atomic E-state index is 12.6. The van der Waals surface area contributed by atoms with Gasteiger partial charge >= 0.3 is 0 Å². The van der Waals surface area contributed by atoms with Crippen LogP contribution in [0.25, 0.3) is 10.2 Å². The number of thiazole rings is 1. The van der Waals surface area contributed by atoms with Gasteiger partial charge in [-0.2, -0.15) is 9.30 Å². The topological polar surface area (TPSA) is 71.7 Å². The Bertz CT molecular complexity index is 986. The minimum Gasteiger partial charge on any atom is -0.319 e. The largest absolute Gasteiger partial charge is 0.319 e. The van der Waals surface area contributed by atoms with Gasteiger partial charge in [-0.25, -0.2) is 8.42 Å². The first-order chi connectivity index (χ1) is 11.2. The molecule has 1 atom stereocenters. The van der Waals surface area contributed by atoms with E-state index in [4.69, 9.17) is 0 Å². The number of nitrogens with zero attached hydrogens (tertiary/aromatic N) is 3. The van der Waals surface area contributed by atoms with E-state index in [-0.39, 0.29) is 5.91 Å². The molecule has 6 nitrogen and oxygen atoms in total. The summed E-state index contributed by atoms with van der Waals surface area (Å²) in [5, 5.41) is 0. The fraction of sp³-hybridized carbons (Fsp3) is 0.500. The van der Waals surface area contributed by atoms with E-state index in [2.05, 4.69) is 31.0 Å². The molecule has 130 valence electrons. The molecular formula is C16H21N3O3S2. The van der Waals surface area contributed by atoms with E-state index in [1.807, 2.05) is 11.6 Å². The number of fused-ring (bicyclic) bond motifs is 1. The predicted octanol–water partition coefficient (Wildman–Crippen LogP) is 1.71. The number of amides is 1. The number of rotatable bonds is 2. The molecule has 1 unspecified atom stereocenters. The molecule has 0 saturated carbocycles. The van der Waals surface area contributed by atoms with Crippen molar-refractivity contribution in [2.45, 2.75) is 32.7 Å². The van der Waals surface area contributed by atoms with Gasteiger partial charge in [0.1, 0.15) is 6.04 Å². The Kier molecular flexibility index (Phi) is 4.39. The number of aryl methyl sites for hydroxylation is 3. The Hall–Kier alpha value is -1.51. The summed E-state index contributed by atoms with van der Waals surface area (Å²) in [5.41, 5.74) is 3.41. The van der Waals surface area contributed by atoms with Crippen LogP contribution in [0.5, 0.6) is 0 Å². The minimum absolute atomic E-state index is 0.381. The molecule has 8 heteroatoms. The fourth-order valence-electron chi connectivity index (χ4n) is 3.04. The van der Waals surface area contributed by atoms with Crippen molar-refractivity contribution in [1.29, 1.82) is 0 Å². The smallest absolute Gasteiger partial charge is 0.266 e. The van der Waals surface area contributed by atoms with Crippen LogP contribution in [0.1, 0.15) is 24.0 Å². The molecule has 24 heavy (non-hydrogen) atoms. The van der Waals surface area contributed by atoms with Crippen LogP contribution in [0, 0.1) is 13.8 Å². The van der Waals surface area contributed by atoms with Crippen LogP contribution >= 0.6 is 11.3 Å². The highest BCUT2D eigenvalue weighted by atomic mass is 32.2. The summed E-state index contributed by atoms with van der Waals surface area (Å²) in [6, 6.07) is 3.51. The van der Waals surface area contributed by atoms with Gasteiger partial charge in [-0.1, -0.05) is 11.3 Å². The molecule has 1 aromatic carbocycles. The summed E-state index contributed by atoms with van der Waals surface area (Å²) < 4.78 is 27.9. The van der Waals surface area contributed by atoms with Gasteiger partial charge in [0.15, 0.2) is 4.80 Å². The highest BCUT2D eigenvalue weighted by Gasteiger charge is 2.36. The van der Waals surface area contributed by atoms with Crippen molar-refractivity contribution >= 4 is 37.5 Å². The SMILES string of the molecule is Cc1cc2sc(=NC(=O)C3CCCN3S(C)(=O)=O)n(C)c2cc1C. The number of hydrogen-bond donors (Lipinski definition) is 0. The first-order valence-corrected chi connectivity index (χ1v) is 10.5. The van der Waals surface area contributed by atoms with Crippen molar-refractivity contribution in [3.63, 3.8) is 0 Å². The second-order valence-corrected chi connectivity index (χ2v) is 9.27. The number of carbonyl (C=O) groups is 1. The number of carbonyl (C=O) groups excluding carboxylic acids is 1. The van der Waals surface area contributed by atoms with Crippen LogP contribution < -0.4 is 4.80 Å². The van der Waals surface area contributed by atoms with Crippen LogP contribution in [0.2, 0.25) is 0 Å². The van der Waals surface area contributed by atoms with Crippen molar-refractivity contribution in [1.82, 2.24) is 8.87 Å². The zero-order valence-corrected chi connectivity index (χ0v) is 15.9. The predicted molar refractivity (Wildman–Crippen MR) is 95.4 cm³/mol. The standard InChI is InChI=1S/C16H21N3O3S2/c1-10-8-13-14(9-11(10)2)23-16(18(13)3)17-15(20)12-6-5-7-19(12)24(4,21)22/h8-9,12H,5-7H2,1-4H3. The van der Waals surface area contributed by atoms with E-state index in [0.717, 1.165) is 16.5 Å². The molecule has 1 fully saturated rings. The van der Waals surface area contributed by atoms with Crippen LogP contribution in [0.15, 0.2) is 17.1 Å². The molecule has 0 radical (unpaired) electrons. The monoisotopic (exact) mass is 367 g/mol. The normalized spacial score (nSPS) is 20.2. The molecule has 2 aromatic rings. The van der Waals surface area contributed by atoms with Gasteiger partial charge in [-0.05, 0) is 49.9 Å². The van der Waals surface area contributed by atoms with Crippen molar-refractivity contribution in [2.75, 3.05) is 12.8 Å². The molecule has 0 bridgehead atoms. The molecule has 2 heterocycles. The summed E-state index contributed by atoms with van der Waals surface area (Å²) in [6.45, 7) is 4.50. The zero-order chi connectivity index (χ0) is 17.6. The first kappa shape index (κ1) is 17.3. The lowest BCUT2D eigenvalue weighted by Crippen LogP contribution is -2.39. The van der Waals surface area contributed by atoms with Gasteiger partial charge in [-0.3, -0.25) is 4.79 Å². The van der Waals surface area contributed by atoms with Gasteiger partial charge in [-0.15, -0.1) is 0 Å². The summed E-state index contributed by atoms with van der Waals surface area (Å²) in [6.07, 6.45) is 2.36. The second kappa shape index (κ2) is 6.09. The summed E-state index contributed by atoms with van der Waals surface area (Å²) >= 11 is 1.45. The fourth-order valence-corrected chi connectivity index (χ4v) is 5.26. The highest BCUT2D eigenvalue weighted by molar-refractivity contribution is 7.88. The van der Waals surface area contributed by atoms with E-state index < -0.39 is 16.1 Å². The van der Waals surface area contributed by atoms with Crippen LogP contribution in [0.4, 0.5) is 0 Å². The third-order valence-electron chi connectivity index (χ3n) is 4.55. The van der Waals surface area contributed by atoms with Crippen molar-refractivity contribution in [3.8, 4) is 0 Å². The molecule has 1 aliphatic heterocycles. The van der Waals surface area contributed by atoms with Gasteiger partial charge in [0.2, 0.25) is 10.0 Å². The maximum absolute atomic E-state index is 12.6. The molecule has 1 amide bonds.